The monoisotopic (exact) mass is 445 g/mol. The predicted octanol–water partition coefficient (Wildman–Crippen LogP) is 4.10. The molecule has 0 aliphatic carbocycles. The van der Waals surface area contributed by atoms with Gasteiger partial charge in [-0.25, -0.2) is 9.78 Å². The number of cyclic esters (lactones) is 1. The number of pyridine rings is 1. The molecule has 1 fully saturated rings. The molecule has 1 saturated heterocycles. The molecule has 0 spiro atoms. The van der Waals surface area contributed by atoms with E-state index in [9.17, 15) is 9.90 Å². The van der Waals surface area contributed by atoms with Crippen molar-refractivity contribution in [2.45, 2.75) is 38.5 Å². The summed E-state index contributed by atoms with van der Waals surface area (Å²) in [6.45, 7) is 3.70. The lowest BCUT2D eigenvalue weighted by Gasteiger charge is -2.24. The largest absolute Gasteiger partial charge is 0.447 e. The van der Waals surface area contributed by atoms with Gasteiger partial charge in [0.25, 0.3) is 0 Å². The van der Waals surface area contributed by atoms with Crippen molar-refractivity contribution in [3.63, 3.8) is 0 Å². The first-order valence-corrected chi connectivity index (χ1v) is 9.69. The topological polar surface area (TPSA) is 100 Å². The van der Waals surface area contributed by atoms with Gasteiger partial charge in [0.1, 0.15) is 23.6 Å². The number of aromatic nitrogens is 3. The Labute approximate surface area is 176 Å². The molecule has 150 valence electrons. The van der Waals surface area contributed by atoms with Gasteiger partial charge in [-0.05, 0) is 19.4 Å². The van der Waals surface area contributed by atoms with Crippen LogP contribution in [0.3, 0.4) is 0 Å². The first kappa shape index (κ1) is 20.9. The minimum absolute atomic E-state index is 0.0684. The molecule has 0 bridgehead atoms. The molecule has 2 aromatic heterocycles. The van der Waals surface area contributed by atoms with Crippen molar-refractivity contribution in [3.8, 4) is 0 Å². The van der Waals surface area contributed by atoms with Crippen LogP contribution in [-0.4, -0.2) is 44.9 Å². The number of anilines is 2. The van der Waals surface area contributed by atoms with E-state index in [0.717, 1.165) is 0 Å². The number of rotatable bonds is 6. The van der Waals surface area contributed by atoms with E-state index >= 15 is 0 Å². The molecule has 3 rings (SSSR count). The SMILES string of the molecule is CC[C@@H](O)[C@H]1COC(=O)N1c1cc(Cl)nc(N[C@@H](C)c2ncc(Cl)cc2Cl)n1. The Morgan fingerprint density at radius 1 is 1.36 bits per heavy atom. The highest BCUT2D eigenvalue weighted by molar-refractivity contribution is 6.34. The zero-order chi connectivity index (χ0) is 20.4. The van der Waals surface area contributed by atoms with Crippen LogP contribution in [0, 0.1) is 0 Å². The summed E-state index contributed by atoms with van der Waals surface area (Å²) in [7, 11) is 0. The van der Waals surface area contributed by atoms with Crippen molar-refractivity contribution in [1.29, 1.82) is 0 Å². The first-order valence-electron chi connectivity index (χ1n) is 8.56. The Morgan fingerprint density at radius 2 is 2.11 bits per heavy atom. The summed E-state index contributed by atoms with van der Waals surface area (Å²) >= 11 is 18.2. The molecule has 8 nitrogen and oxygen atoms in total. The van der Waals surface area contributed by atoms with Gasteiger partial charge in [-0.15, -0.1) is 0 Å². The maximum atomic E-state index is 12.2. The molecule has 0 radical (unpaired) electrons. The van der Waals surface area contributed by atoms with Gasteiger partial charge in [-0.3, -0.25) is 9.88 Å². The van der Waals surface area contributed by atoms with E-state index in [-0.39, 0.29) is 29.6 Å². The molecular weight excluding hydrogens is 429 g/mol. The van der Waals surface area contributed by atoms with Crippen molar-refractivity contribution in [3.05, 3.63) is 39.2 Å². The fourth-order valence-electron chi connectivity index (χ4n) is 2.85. The highest BCUT2D eigenvalue weighted by atomic mass is 35.5. The van der Waals surface area contributed by atoms with Crippen LogP contribution in [0.2, 0.25) is 15.2 Å². The van der Waals surface area contributed by atoms with Crippen molar-refractivity contribution in [1.82, 2.24) is 15.0 Å². The number of aliphatic hydroxyl groups excluding tert-OH is 1. The van der Waals surface area contributed by atoms with Gasteiger partial charge in [-0.1, -0.05) is 41.7 Å². The van der Waals surface area contributed by atoms with Crippen molar-refractivity contribution in [2.75, 3.05) is 16.8 Å². The van der Waals surface area contributed by atoms with Crippen molar-refractivity contribution >= 4 is 52.7 Å². The second-order valence-electron chi connectivity index (χ2n) is 6.25. The quantitative estimate of drug-likeness (QED) is 0.644. The molecule has 3 atom stereocenters. The number of hydrogen-bond donors (Lipinski definition) is 2. The minimum Gasteiger partial charge on any atom is -0.447 e. The van der Waals surface area contributed by atoms with Gasteiger partial charge in [0, 0.05) is 12.3 Å². The predicted molar refractivity (Wildman–Crippen MR) is 107 cm³/mol. The van der Waals surface area contributed by atoms with Gasteiger partial charge in [-0.2, -0.15) is 4.98 Å². The number of nitrogens with zero attached hydrogens (tertiary/aromatic N) is 4. The summed E-state index contributed by atoms with van der Waals surface area (Å²) < 4.78 is 5.08. The molecular formula is C17H18Cl3N5O3. The van der Waals surface area contributed by atoms with Crippen LogP contribution in [-0.2, 0) is 4.74 Å². The van der Waals surface area contributed by atoms with E-state index in [1.165, 1.54) is 17.2 Å². The average molecular weight is 447 g/mol. The normalized spacial score (nSPS) is 18.7. The van der Waals surface area contributed by atoms with Gasteiger partial charge in [0.05, 0.1) is 27.9 Å². The number of ether oxygens (including phenoxy) is 1. The van der Waals surface area contributed by atoms with E-state index in [1.807, 2.05) is 13.8 Å². The summed E-state index contributed by atoms with van der Waals surface area (Å²) in [5.74, 6) is 0.400. The standard InChI is InChI=1S/C17H18Cl3N5O3/c1-3-12(26)11-7-28-17(27)25(11)14-5-13(20)23-16(24-14)22-8(2)15-10(19)4-9(18)6-21-15/h4-6,8,11-12,26H,3,7H2,1-2H3,(H,22,23,24)/t8-,11+,12+/m0/s1. The minimum atomic E-state index is -0.757. The molecule has 28 heavy (non-hydrogen) atoms. The van der Waals surface area contributed by atoms with E-state index < -0.39 is 18.2 Å². The fraction of sp³-hybridized carbons (Fsp3) is 0.412. The number of carbonyl (C=O) groups excluding carboxylic acids is 1. The molecule has 2 aromatic rings. The maximum absolute atomic E-state index is 12.2. The van der Waals surface area contributed by atoms with Crippen LogP contribution >= 0.6 is 34.8 Å². The van der Waals surface area contributed by atoms with Crippen LogP contribution in [0.1, 0.15) is 32.0 Å². The lowest BCUT2D eigenvalue weighted by atomic mass is 10.1. The number of carbonyl (C=O) groups is 1. The number of hydrogen-bond acceptors (Lipinski definition) is 7. The number of aliphatic hydroxyl groups is 1. The third-order valence-corrected chi connectivity index (χ3v) is 4.99. The van der Waals surface area contributed by atoms with E-state index in [0.29, 0.717) is 22.2 Å². The second-order valence-corrected chi connectivity index (χ2v) is 7.48. The summed E-state index contributed by atoms with van der Waals surface area (Å²) in [6, 6.07) is 2.11. The molecule has 11 heteroatoms. The third-order valence-electron chi connectivity index (χ3n) is 4.29. The average Bonchev–Trinajstić information content (AvgIpc) is 3.02. The summed E-state index contributed by atoms with van der Waals surface area (Å²) in [4.78, 5) is 26.2. The molecule has 0 aromatic carbocycles. The highest BCUT2D eigenvalue weighted by Crippen LogP contribution is 2.29. The lowest BCUT2D eigenvalue weighted by Crippen LogP contribution is -2.42. The van der Waals surface area contributed by atoms with Crippen molar-refractivity contribution in [2.24, 2.45) is 0 Å². The Kier molecular flexibility index (Phi) is 6.44. The van der Waals surface area contributed by atoms with Crippen LogP contribution < -0.4 is 10.2 Å². The Morgan fingerprint density at radius 3 is 2.79 bits per heavy atom. The zero-order valence-electron chi connectivity index (χ0n) is 15.1. The first-order chi connectivity index (χ1) is 13.3. The third kappa shape index (κ3) is 4.41. The fourth-order valence-corrected chi connectivity index (χ4v) is 3.58. The van der Waals surface area contributed by atoms with E-state index in [4.69, 9.17) is 39.5 Å². The molecule has 0 unspecified atom stereocenters. The number of halogens is 3. The zero-order valence-corrected chi connectivity index (χ0v) is 17.3. The van der Waals surface area contributed by atoms with Crippen LogP contribution in [0.25, 0.3) is 0 Å². The summed E-state index contributed by atoms with van der Waals surface area (Å²) in [5, 5.41) is 14.2. The van der Waals surface area contributed by atoms with Gasteiger partial charge in [0.15, 0.2) is 0 Å². The Balaban J connectivity index is 1.88. The molecule has 1 aliphatic heterocycles. The van der Waals surface area contributed by atoms with E-state index in [1.54, 1.807) is 6.07 Å². The molecule has 1 aliphatic rings. The van der Waals surface area contributed by atoms with Crippen molar-refractivity contribution < 1.29 is 14.6 Å². The van der Waals surface area contributed by atoms with Crippen LogP contribution in [0.15, 0.2) is 18.3 Å². The second kappa shape index (κ2) is 8.65. The smallest absolute Gasteiger partial charge is 0.416 e. The maximum Gasteiger partial charge on any atom is 0.416 e. The van der Waals surface area contributed by atoms with Crippen LogP contribution in [0.5, 0.6) is 0 Å². The number of nitrogens with one attached hydrogen (secondary N) is 1. The summed E-state index contributed by atoms with van der Waals surface area (Å²) in [6.07, 6.45) is 0.586. The molecule has 1 amide bonds. The molecule has 0 saturated carbocycles. The summed E-state index contributed by atoms with van der Waals surface area (Å²) in [5.41, 5.74) is 0.552. The highest BCUT2D eigenvalue weighted by Gasteiger charge is 2.39. The van der Waals surface area contributed by atoms with Gasteiger partial charge < -0.3 is 15.2 Å². The lowest BCUT2D eigenvalue weighted by molar-refractivity contribution is 0.125. The van der Waals surface area contributed by atoms with E-state index in [2.05, 4.69) is 20.3 Å². The Hall–Kier alpha value is -1.87. The van der Waals surface area contributed by atoms with Crippen LogP contribution in [0.4, 0.5) is 16.6 Å². The molecule has 3 heterocycles. The Bertz CT molecular complexity index is 885. The number of amides is 1. The van der Waals surface area contributed by atoms with Gasteiger partial charge >= 0.3 is 6.09 Å². The van der Waals surface area contributed by atoms with Gasteiger partial charge in [0.2, 0.25) is 5.95 Å². The molecule has 2 N–H and O–H groups in total.